The van der Waals surface area contributed by atoms with Gasteiger partial charge < -0.3 is 15.0 Å². The molecule has 134 valence electrons. The molecule has 1 aromatic carbocycles. The van der Waals surface area contributed by atoms with Crippen LogP contribution in [0, 0.1) is 5.92 Å². The first-order valence-corrected chi connectivity index (χ1v) is 10.1. The van der Waals surface area contributed by atoms with Gasteiger partial charge in [0.25, 0.3) is 0 Å². The number of amides is 1. The van der Waals surface area contributed by atoms with Crippen LogP contribution in [0.5, 0.6) is 0 Å². The summed E-state index contributed by atoms with van der Waals surface area (Å²) in [6.45, 7) is 8.93. The van der Waals surface area contributed by atoms with E-state index in [0.717, 1.165) is 18.7 Å². The van der Waals surface area contributed by atoms with E-state index in [0.29, 0.717) is 25.6 Å². The third kappa shape index (κ3) is 7.69. The highest BCUT2D eigenvalue weighted by atomic mass is 32.2. The second kappa shape index (κ2) is 10.7. The number of carbonyl (C=O) groups is 1. The number of nitrogens with zero attached hydrogens (tertiary/aromatic N) is 1. The molecule has 5 heteroatoms. The molecule has 0 saturated carbocycles. The van der Waals surface area contributed by atoms with E-state index < -0.39 is 0 Å². The van der Waals surface area contributed by atoms with Crippen molar-refractivity contribution in [2.45, 2.75) is 26.7 Å². The van der Waals surface area contributed by atoms with Gasteiger partial charge in [0.1, 0.15) is 0 Å². The zero-order chi connectivity index (χ0) is 17.2. The fourth-order valence-corrected chi connectivity index (χ4v) is 3.55. The average Bonchev–Trinajstić information content (AvgIpc) is 2.59. The second-order valence-corrected chi connectivity index (χ2v) is 7.89. The van der Waals surface area contributed by atoms with E-state index in [4.69, 9.17) is 4.74 Å². The minimum absolute atomic E-state index is 0.0114. The van der Waals surface area contributed by atoms with Gasteiger partial charge >= 0.3 is 0 Å². The third-order valence-electron chi connectivity index (χ3n) is 3.98. The van der Waals surface area contributed by atoms with Crippen LogP contribution in [0.3, 0.4) is 0 Å². The van der Waals surface area contributed by atoms with Crippen molar-refractivity contribution in [2.75, 3.05) is 49.7 Å². The van der Waals surface area contributed by atoms with E-state index in [1.54, 1.807) is 0 Å². The Morgan fingerprint density at radius 3 is 2.62 bits per heavy atom. The molecule has 0 spiro atoms. The van der Waals surface area contributed by atoms with Crippen LogP contribution in [0.2, 0.25) is 0 Å². The predicted octanol–water partition coefficient (Wildman–Crippen LogP) is 3.28. The lowest BCUT2D eigenvalue weighted by atomic mass is 10.1. The summed E-state index contributed by atoms with van der Waals surface area (Å²) in [5, 5.41) is 2.93. The maximum atomic E-state index is 11.9. The van der Waals surface area contributed by atoms with Crippen molar-refractivity contribution in [2.24, 2.45) is 5.92 Å². The molecule has 1 fully saturated rings. The summed E-state index contributed by atoms with van der Waals surface area (Å²) in [5.74, 6) is 3.03. The van der Waals surface area contributed by atoms with Gasteiger partial charge in [-0.05, 0) is 30.0 Å². The van der Waals surface area contributed by atoms with Crippen LogP contribution >= 0.6 is 11.8 Å². The number of rotatable bonds is 9. The summed E-state index contributed by atoms with van der Waals surface area (Å²) >= 11 is 2.05. The number of hydrogen-bond acceptors (Lipinski definition) is 4. The molecule has 0 unspecified atom stereocenters. The lowest BCUT2D eigenvalue weighted by Gasteiger charge is -2.26. The van der Waals surface area contributed by atoms with Crippen LogP contribution in [-0.4, -0.2) is 55.2 Å². The summed E-state index contributed by atoms with van der Waals surface area (Å²) < 4.78 is 5.45. The summed E-state index contributed by atoms with van der Waals surface area (Å²) in [6, 6.07) is 8.22. The van der Waals surface area contributed by atoms with Crippen molar-refractivity contribution in [1.29, 1.82) is 0 Å². The van der Waals surface area contributed by atoms with Gasteiger partial charge in [0, 0.05) is 43.4 Å². The van der Waals surface area contributed by atoms with Crippen LogP contribution in [0.1, 0.15) is 25.8 Å². The van der Waals surface area contributed by atoms with Gasteiger partial charge in [-0.2, -0.15) is 11.8 Å². The molecule has 1 aliphatic heterocycles. The number of anilines is 1. The largest absolute Gasteiger partial charge is 0.381 e. The second-order valence-electron chi connectivity index (χ2n) is 6.67. The fourth-order valence-electron chi connectivity index (χ4n) is 2.57. The lowest BCUT2D eigenvalue weighted by Crippen LogP contribution is -2.34. The van der Waals surface area contributed by atoms with Gasteiger partial charge in [-0.15, -0.1) is 0 Å². The quantitative estimate of drug-likeness (QED) is 0.694. The van der Waals surface area contributed by atoms with Gasteiger partial charge in [0.2, 0.25) is 5.91 Å². The Bertz CT molecular complexity index is 485. The average molecular weight is 351 g/mol. The highest BCUT2D eigenvalue weighted by Crippen LogP contribution is 2.13. The first-order chi connectivity index (χ1) is 11.6. The third-order valence-corrected chi connectivity index (χ3v) is 4.93. The number of carbonyl (C=O) groups excluding carboxylic acids is 1. The standard InChI is InChI=1S/C19H30N2O2S/c1-16(2)15-23-12-8-19(22)20-18-5-3-17(4-6-18)7-9-21-10-13-24-14-11-21/h3-6,16H,7-15H2,1-2H3,(H,20,22). The van der Waals surface area contributed by atoms with Crippen molar-refractivity contribution in [3.8, 4) is 0 Å². The Kier molecular flexibility index (Phi) is 8.64. The van der Waals surface area contributed by atoms with Crippen LogP contribution < -0.4 is 5.32 Å². The van der Waals surface area contributed by atoms with Crippen LogP contribution in [-0.2, 0) is 16.0 Å². The van der Waals surface area contributed by atoms with E-state index in [1.165, 1.54) is 30.2 Å². The predicted molar refractivity (Wildman–Crippen MR) is 103 cm³/mol. The van der Waals surface area contributed by atoms with E-state index in [1.807, 2.05) is 23.9 Å². The summed E-state index contributed by atoms with van der Waals surface area (Å²) in [4.78, 5) is 14.4. The molecule has 1 heterocycles. The minimum atomic E-state index is 0.0114. The molecule has 1 amide bonds. The molecule has 1 aromatic rings. The molecule has 1 N–H and O–H groups in total. The van der Waals surface area contributed by atoms with Crippen LogP contribution in [0.15, 0.2) is 24.3 Å². The summed E-state index contributed by atoms with van der Waals surface area (Å²) in [7, 11) is 0. The van der Waals surface area contributed by atoms with E-state index in [-0.39, 0.29) is 5.91 Å². The summed E-state index contributed by atoms with van der Waals surface area (Å²) in [5.41, 5.74) is 2.19. The highest BCUT2D eigenvalue weighted by molar-refractivity contribution is 7.99. The first-order valence-electron chi connectivity index (χ1n) is 8.90. The number of hydrogen-bond donors (Lipinski definition) is 1. The SMILES string of the molecule is CC(C)COCCC(=O)Nc1ccc(CCN2CCSCC2)cc1. The Morgan fingerprint density at radius 2 is 1.96 bits per heavy atom. The van der Waals surface area contributed by atoms with Crippen molar-refractivity contribution >= 4 is 23.4 Å². The lowest BCUT2D eigenvalue weighted by molar-refractivity contribution is -0.117. The van der Waals surface area contributed by atoms with E-state index >= 15 is 0 Å². The molecule has 24 heavy (non-hydrogen) atoms. The van der Waals surface area contributed by atoms with Gasteiger partial charge in [-0.1, -0.05) is 26.0 Å². The fraction of sp³-hybridized carbons (Fsp3) is 0.632. The van der Waals surface area contributed by atoms with E-state index in [9.17, 15) is 4.79 Å². The molecule has 0 aromatic heterocycles. The molecule has 1 saturated heterocycles. The topological polar surface area (TPSA) is 41.6 Å². The molecule has 0 radical (unpaired) electrons. The maximum absolute atomic E-state index is 11.9. The number of nitrogens with one attached hydrogen (secondary N) is 1. The van der Waals surface area contributed by atoms with Crippen molar-refractivity contribution in [1.82, 2.24) is 4.90 Å². The summed E-state index contributed by atoms with van der Waals surface area (Å²) in [6.07, 6.45) is 1.48. The normalized spacial score (nSPS) is 15.6. The number of thioether (sulfide) groups is 1. The number of ether oxygens (including phenoxy) is 1. The Labute approximate surface area is 150 Å². The van der Waals surface area contributed by atoms with Gasteiger partial charge in [-0.3, -0.25) is 4.79 Å². The van der Waals surface area contributed by atoms with Gasteiger partial charge in [0.05, 0.1) is 13.0 Å². The molecule has 4 nitrogen and oxygen atoms in total. The maximum Gasteiger partial charge on any atom is 0.226 e. The molecule has 2 rings (SSSR count). The van der Waals surface area contributed by atoms with Crippen LogP contribution in [0.25, 0.3) is 0 Å². The highest BCUT2D eigenvalue weighted by Gasteiger charge is 2.10. The van der Waals surface area contributed by atoms with Crippen LogP contribution in [0.4, 0.5) is 5.69 Å². The molecular formula is C19H30N2O2S. The zero-order valence-electron chi connectivity index (χ0n) is 14.9. The molecular weight excluding hydrogens is 320 g/mol. The molecule has 1 aliphatic rings. The zero-order valence-corrected chi connectivity index (χ0v) is 15.7. The van der Waals surface area contributed by atoms with Crippen molar-refractivity contribution in [3.05, 3.63) is 29.8 Å². The van der Waals surface area contributed by atoms with Crippen molar-refractivity contribution < 1.29 is 9.53 Å². The molecule has 0 atom stereocenters. The monoisotopic (exact) mass is 350 g/mol. The van der Waals surface area contributed by atoms with Gasteiger partial charge in [-0.25, -0.2) is 0 Å². The Morgan fingerprint density at radius 1 is 1.25 bits per heavy atom. The van der Waals surface area contributed by atoms with Crippen molar-refractivity contribution in [3.63, 3.8) is 0 Å². The van der Waals surface area contributed by atoms with E-state index in [2.05, 4.69) is 36.2 Å². The molecule has 0 bridgehead atoms. The van der Waals surface area contributed by atoms with Gasteiger partial charge in [0.15, 0.2) is 0 Å². The Hall–Kier alpha value is -1.04. The smallest absolute Gasteiger partial charge is 0.226 e. The Balaban J connectivity index is 1.66. The minimum Gasteiger partial charge on any atom is -0.381 e. The number of benzene rings is 1. The molecule has 0 aliphatic carbocycles. The first kappa shape index (κ1) is 19.3.